The van der Waals surface area contributed by atoms with Crippen LogP contribution in [0.2, 0.25) is 0 Å². The van der Waals surface area contributed by atoms with Crippen molar-refractivity contribution >= 4 is 17.8 Å². The van der Waals surface area contributed by atoms with Crippen LogP contribution in [0.25, 0.3) is 0 Å². The molecule has 0 aromatic rings. The topological polar surface area (TPSA) is 69.7 Å². The number of hydrogen-bond donors (Lipinski definition) is 1. The van der Waals surface area contributed by atoms with Crippen LogP contribution >= 0.6 is 0 Å². The van der Waals surface area contributed by atoms with Crippen molar-refractivity contribution in [3.8, 4) is 0 Å². The number of nitrogens with zero attached hydrogens (tertiary/aromatic N) is 2. The van der Waals surface area contributed by atoms with E-state index >= 15 is 0 Å². The fourth-order valence-electron chi connectivity index (χ4n) is 2.15. The number of urea groups is 1. The standard InChI is InChI=1S/C11H15N3O3/c1-6-7(2)14(11(17)13(6)3)8-4-5-9(15)12-10(8)16/h6,8H,2,4-5H2,1,3H3,(H,12,15,16). The summed E-state index contributed by atoms with van der Waals surface area (Å²) in [6.07, 6.45) is 0.613. The van der Waals surface area contributed by atoms with E-state index in [2.05, 4.69) is 11.9 Å². The van der Waals surface area contributed by atoms with Crippen molar-refractivity contribution in [2.24, 2.45) is 0 Å². The molecule has 4 amide bonds. The number of piperidine rings is 1. The summed E-state index contributed by atoms with van der Waals surface area (Å²) in [5, 5.41) is 2.25. The van der Waals surface area contributed by atoms with Gasteiger partial charge in [0.1, 0.15) is 6.04 Å². The molecule has 2 aliphatic rings. The van der Waals surface area contributed by atoms with Crippen LogP contribution in [0.15, 0.2) is 12.3 Å². The Morgan fingerprint density at radius 1 is 1.35 bits per heavy atom. The minimum atomic E-state index is -0.611. The number of carbonyl (C=O) groups is 3. The Bertz CT molecular complexity index is 398. The highest BCUT2D eigenvalue weighted by Gasteiger charge is 2.43. The lowest BCUT2D eigenvalue weighted by atomic mass is 10.0. The SMILES string of the molecule is C=C1C(C)N(C)C(=O)N1C1CCC(=O)NC1=O. The number of rotatable bonds is 1. The predicted octanol–water partition coefficient (Wildman–Crippen LogP) is 0.0612. The van der Waals surface area contributed by atoms with Crippen molar-refractivity contribution in [2.45, 2.75) is 31.8 Å². The minimum absolute atomic E-state index is 0.118. The number of carbonyl (C=O) groups excluding carboxylic acids is 3. The fraction of sp³-hybridized carbons (Fsp3) is 0.545. The van der Waals surface area contributed by atoms with Crippen LogP contribution < -0.4 is 5.32 Å². The zero-order valence-electron chi connectivity index (χ0n) is 9.90. The molecule has 92 valence electrons. The average Bonchev–Trinajstić information content (AvgIpc) is 2.45. The van der Waals surface area contributed by atoms with E-state index in [0.717, 1.165) is 0 Å². The summed E-state index contributed by atoms with van der Waals surface area (Å²) >= 11 is 0. The highest BCUT2D eigenvalue weighted by atomic mass is 16.2. The normalized spacial score (nSPS) is 30.0. The molecule has 0 aromatic carbocycles. The molecular formula is C11H15N3O3. The Hall–Kier alpha value is -1.85. The molecule has 0 aromatic heterocycles. The molecule has 6 nitrogen and oxygen atoms in total. The fourth-order valence-corrected chi connectivity index (χ4v) is 2.15. The summed E-state index contributed by atoms with van der Waals surface area (Å²) in [6, 6.07) is -0.968. The van der Waals surface area contributed by atoms with Gasteiger partial charge in [0.25, 0.3) is 0 Å². The average molecular weight is 237 g/mol. The molecule has 2 heterocycles. The van der Waals surface area contributed by atoms with Crippen LogP contribution in [0.3, 0.4) is 0 Å². The molecule has 2 atom stereocenters. The van der Waals surface area contributed by atoms with Gasteiger partial charge in [-0.15, -0.1) is 0 Å². The van der Waals surface area contributed by atoms with E-state index in [0.29, 0.717) is 12.1 Å². The van der Waals surface area contributed by atoms with Gasteiger partial charge in [-0.2, -0.15) is 0 Å². The van der Waals surface area contributed by atoms with Gasteiger partial charge in [-0.3, -0.25) is 19.8 Å². The predicted molar refractivity (Wildman–Crippen MR) is 59.8 cm³/mol. The Morgan fingerprint density at radius 3 is 2.47 bits per heavy atom. The van der Waals surface area contributed by atoms with Crippen LogP contribution in [0.1, 0.15) is 19.8 Å². The molecule has 0 spiro atoms. The van der Waals surface area contributed by atoms with Crippen LogP contribution in [0.4, 0.5) is 4.79 Å². The Labute approximate surface area is 99.2 Å². The summed E-state index contributed by atoms with van der Waals surface area (Å²) < 4.78 is 0. The van der Waals surface area contributed by atoms with Crippen molar-refractivity contribution in [1.82, 2.24) is 15.1 Å². The van der Waals surface area contributed by atoms with E-state index in [-0.39, 0.29) is 24.4 Å². The van der Waals surface area contributed by atoms with Gasteiger partial charge in [0, 0.05) is 19.2 Å². The lowest BCUT2D eigenvalue weighted by Gasteiger charge is -2.29. The molecule has 2 saturated heterocycles. The lowest BCUT2D eigenvalue weighted by molar-refractivity contribution is -0.136. The summed E-state index contributed by atoms with van der Waals surface area (Å²) in [4.78, 5) is 37.7. The first-order chi connectivity index (χ1) is 7.93. The van der Waals surface area contributed by atoms with E-state index in [4.69, 9.17) is 0 Å². The van der Waals surface area contributed by atoms with Gasteiger partial charge >= 0.3 is 6.03 Å². The number of nitrogens with one attached hydrogen (secondary N) is 1. The Kier molecular flexibility index (Phi) is 2.65. The van der Waals surface area contributed by atoms with Gasteiger partial charge in [0.15, 0.2) is 0 Å². The largest absolute Gasteiger partial charge is 0.325 e. The molecule has 0 saturated carbocycles. The molecule has 2 fully saturated rings. The highest BCUT2D eigenvalue weighted by molar-refractivity contribution is 6.02. The second-order valence-electron chi connectivity index (χ2n) is 4.40. The van der Waals surface area contributed by atoms with Gasteiger partial charge in [0.05, 0.1) is 6.04 Å². The molecule has 2 unspecified atom stereocenters. The second kappa shape index (κ2) is 3.87. The van der Waals surface area contributed by atoms with Crippen molar-refractivity contribution < 1.29 is 14.4 Å². The summed E-state index contributed by atoms with van der Waals surface area (Å²) in [7, 11) is 1.67. The zero-order chi connectivity index (χ0) is 12.7. The molecule has 2 rings (SSSR count). The maximum Gasteiger partial charge on any atom is 0.325 e. The monoisotopic (exact) mass is 237 g/mol. The molecule has 17 heavy (non-hydrogen) atoms. The van der Waals surface area contributed by atoms with E-state index in [1.54, 1.807) is 7.05 Å². The molecule has 0 radical (unpaired) electrons. The quantitative estimate of drug-likeness (QED) is 0.656. The van der Waals surface area contributed by atoms with Gasteiger partial charge in [0.2, 0.25) is 11.8 Å². The maximum absolute atomic E-state index is 12.0. The number of imide groups is 1. The summed E-state index contributed by atoms with van der Waals surface area (Å²) in [5.74, 6) is -0.705. The molecule has 1 N–H and O–H groups in total. The van der Waals surface area contributed by atoms with Crippen molar-refractivity contribution in [3.63, 3.8) is 0 Å². The second-order valence-corrected chi connectivity index (χ2v) is 4.40. The zero-order valence-corrected chi connectivity index (χ0v) is 9.90. The highest BCUT2D eigenvalue weighted by Crippen LogP contribution is 2.28. The minimum Gasteiger partial charge on any atom is -0.319 e. The molecule has 6 heteroatoms. The number of amides is 4. The van der Waals surface area contributed by atoms with Gasteiger partial charge in [-0.05, 0) is 13.3 Å². The van der Waals surface area contributed by atoms with E-state index in [1.165, 1.54) is 9.80 Å². The lowest BCUT2D eigenvalue weighted by Crippen LogP contribution is -2.52. The molecule has 2 aliphatic heterocycles. The van der Waals surface area contributed by atoms with Gasteiger partial charge in [-0.1, -0.05) is 6.58 Å². The summed E-state index contributed by atoms with van der Waals surface area (Å²) in [6.45, 7) is 5.70. The van der Waals surface area contributed by atoms with Crippen LogP contribution in [0, 0.1) is 0 Å². The third kappa shape index (κ3) is 1.69. The van der Waals surface area contributed by atoms with Crippen molar-refractivity contribution in [3.05, 3.63) is 12.3 Å². The van der Waals surface area contributed by atoms with E-state index in [1.807, 2.05) is 6.92 Å². The first-order valence-electron chi connectivity index (χ1n) is 5.52. The van der Waals surface area contributed by atoms with Crippen molar-refractivity contribution in [2.75, 3.05) is 7.05 Å². The van der Waals surface area contributed by atoms with E-state index < -0.39 is 11.9 Å². The number of likely N-dealkylation sites (N-methyl/N-ethyl adjacent to an activating group) is 1. The summed E-state index contributed by atoms with van der Waals surface area (Å²) in [5.41, 5.74) is 0.604. The third-order valence-corrected chi connectivity index (χ3v) is 3.40. The smallest absolute Gasteiger partial charge is 0.319 e. The molecule has 0 bridgehead atoms. The van der Waals surface area contributed by atoms with Crippen LogP contribution in [-0.4, -0.2) is 46.8 Å². The first kappa shape index (κ1) is 11.6. The third-order valence-electron chi connectivity index (χ3n) is 3.40. The van der Waals surface area contributed by atoms with Gasteiger partial charge in [-0.25, -0.2) is 4.79 Å². The molecular weight excluding hydrogens is 222 g/mol. The Balaban J connectivity index is 2.23. The van der Waals surface area contributed by atoms with Crippen LogP contribution in [0.5, 0.6) is 0 Å². The van der Waals surface area contributed by atoms with E-state index in [9.17, 15) is 14.4 Å². The van der Waals surface area contributed by atoms with Gasteiger partial charge < -0.3 is 4.90 Å². The van der Waals surface area contributed by atoms with Crippen molar-refractivity contribution in [1.29, 1.82) is 0 Å². The molecule has 0 aliphatic carbocycles. The Morgan fingerprint density at radius 2 is 2.00 bits per heavy atom. The maximum atomic E-state index is 12.0. The first-order valence-corrected chi connectivity index (χ1v) is 5.52. The van der Waals surface area contributed by atoms with Crippen LogP contribution in [-0.2, 0) is 9.59 Å². The number of hydrogen-bond acceptors (Lipinski definition) is 3.